The molecule has 0 saturated carbocycles. The zero-order chi connectivity index (χ0) is 14.0. The molecule has 0 aromatic heterocycles. The van der Waals surface area contributed by atoms with Crippen molar-refractivity contribution < 1.29 is 17.9 Å². The number of anilines is 1. The monoisotopic (exact) mass is 287 g/mol. The van der Waals surface area contributed by atoms with Crippen molar-refractivity contribution in [3.05, 3.63) is 29.6 Å². The van der Waals surface area contributed by atoms with E-state index in [1.54, 1.807) is 13.0 Å². The molecule has 106 valence electrons. The first kappa shape index (κ1) is 14.3. The van der Waals surface area contributed by atoms with Crippen LogP contribution in [-0.2, 0) is 9.84 Å². The number of rotatable bonds is 2. The van der Waals surface area contributed by atoms with E-state index in [9.17, 15) is 17.9 Å². The lowest BCUT2D eigenvalue weighted by molar-refractivity contribution is 0.199. The Morgan fingerprint density at radius 1 is 1.32 bits per heavy atom. The minimum absolute atomic E-state index is 0.101. The van der Waals surface area contributed by atoms with Gasteiger partial charge in [-0.3, -0.25) is 0 Å². The van der Waals surface area contributed by atoms with Crippen LogP contribution in [0.2, 0.25) is 0 Å². The van der Waals surface area contributed by atoms with Gasteiger partial charge in [0.25, 0.3) is 0 Å². The molecule has 0 aliphatic carbocycles. The van der Waals surface area contributed by atoms with Gasteiger partial charge in [0.15, 0.2) is 9.84 Å². The molecule has 19 heavy (non-hydrogen) atoms. The van der Waals surface area contributed by atoms with Crippen molar-refractivity contribution >= 4 is 15.5 Å². The summed E-state index contributed by atoms with van der Waals surface area (Å²) in [5.74, 6) is -0.111. The number of nitrogens with zero attached hydrogens (tertiary/aromatic N) is 1. The van der Waals surface area contributed by atoms with E-state index in [1.165, 1.54) is 12.1 Å². The molecule has 1 aromatic carbocycles. The molecule has 1 aliphatic rings. The van der Waals surface area contributed by atoms with Gasteiger partial charge in [-0.2, -0.15) is 0 Å². The SMILES string of the molecule is CC(O)c1cc(F)ccc1N1CCCS(=O)(=O)CC1. The number of hydrogen-bond acceptors (Lipinski definition) is 4. The van der Waals surface area contributed by atoms with Crippen molar-refractivity contribution in [2.75, 3.05) is 29.5 Å². The van der Waals surface area contributed by atoms with Crippen molar-refractivity contribution in [3.8, 4) is 0 Å². The van der Waals surface area contributed by atoms with Crippen LogP contribution >= 0.6 is 0 Å². The number of aliphatic hydroxyl groups is 1. The topological polar surface area (TPSA) is 57.6 Å². The second kappa shape index (κ2) is 5.46. The molecule has 4 nitrogen and oxygen atoms in total. The van der Waals surface area contributed by atoms with E-state index in [1.807, 2.05) is 4.90 Å². The molecule has 2 rings (SSSR count). The molecule has 1 aromatic rings. The number of benzene rings is 1. The van der Waals surface area contributed by atoms with E-state index in [2.05, 4.69) is 0 Å². The van der Waals surface area contributed by atoms with Crippen LogP contribution < -0.4 is 4.90 Å². The molecule has 1 atom stereocenters. The fourth-order valence-electron chi connectivity index (χ4n) is 2.33. The minimum atomic E-state index is -2.98. The lowest BCUT2D eigenvalue weighted by Crippen LogP contribution is -2.28. The summed E-state index contributed by atoms with van der Waals surface area (Å²) in [5.41, 5.74) is 1.22. The quantitative estimate of drug-likeness (QED) is 0.895. The smallest absolute Gasteiger partial charge is 0.152 e. The van der Waals surface area contributed by atoms with Crippen LogP contribution in [0, 0.1) is 5.82 Å². The molecule has 1 N–H and O–H groups in total. The summed E-state index contributed by atoms with van der Waals surface area (Å²) < 4.78 is 36.4. The molecule has 1 heterocycles. The Morgan fingerprint density at radius 2 is 2.05 bits per heavy atom. The van der Waals surface area contributed by atoms with Crippen LogP contribution in [-0.4, -0.2) is 38.1 Å². The Labute approximate surface area is 112 Å². The second-order valence-corrected chi connectivity index (χ2v) is 7.18. The van der Waals surface area contributed by atoms with Crippen LogP contribution in [0.15, 0.2) is 18.2 Å². The molecule has 6 heteroatoms. The third-order valence-electron chi connectivity index (χ3n) is 3.34. The fourth-order valence-corrected chi connectivity index (χ4v) is 3.60. The van der Waals surface area contributed by atoms with Crippen LogP contribution in [0.3, 0.4) is 0 Å². The first-order valence-electron chi connectivity index (χ1n) is 6.32. The first-order chi connectivity index (χ1) is 8.89. The van der Waals surface area contributed by atoms with Gasteiger partial charge in [0.05, 0.1) is 17.6 Å². The highest BCUT2D eigenvalue weighted by molar-refractivity contribution is 7.91. The largest absolute Gasteiger partial charge is 0.389 e. The van der Waals surface area contributed by atoms with Crippen molar-refractivity contribution in [2.24, 2.45) is 0 Å². The third-order valence-corrected chi connectivity index (χ3v) is 5.05. The Balaban J connectivity index is 2.31. The van der Waals surface area contributed by atoms with Gasteiger partial charge >= 0.3 is 0 Å². The van der Waals surface area contributed by atoms with Crippen LogP contribution in [0.5, 0.6) is 0 Å². The van der Waals surface area contributed by atoms with Crippen LogP contribution in [0.1, 0.15) is 25.0 Å². The van der Waals surface area contributed by atoms with Gasteiger partial charge in [-0.25, -0.2) is 12.8 Å². The van der Waals surface area contributed by atoms with E-state index in [-0.39, 0.29) is 11.5 Å². The molecule has 1 aliphatic heterocycles. The van der Waals surface area contributed by atoms with Gasteiger partial charge in [0.1, 0.15) is 5.82 Å². The van der Waals surface area contributed by atoms with Crippen LogP contribution in [0.4, 0.5) is 10.1 Å². The maximum absolute atomic E-state index is 13.3. The van der Waals surface area contributed by atoms with Gasteiger partial charge < -0.3 is 10.0 Å². The summed E-state index contributed by atoms with van der Waals surface area (Å²) in [5, 5.41) is 9.72. The van der Waals surface area contributed by atoms with Gasteiger partial charge in [0, 0.05) is 24.3 Å². The van der Waals surface area contributed by atoms with E-state index in [0.717, 1.165) is 0 Å². The Bertz CT molecular complexity index is 557. The lowest BCUT2D eigenvalue weighted by atomic mass is 10.1. The summed E-state index contributed by atoms with van der Waals surface area (Å²) >= 11 is 0. The summed E-state index contributed by atoms with van der Waals surface area (Å²) in [6.07, 6.45) is -0.232. The number of hydrogen-bond donors (Lipinski definition) is 1. The highest BCUT2D eigenvalue weighted by atomic mass is 32.2. The summed E-state index contributed by atoms with van der Waals surface area (Å²) in [6.45, 7) is 2.56. The van der Waals surface area contributed by atoms with Crippen LogP contribution in [0.25, 0.3) is 0 Å². The maximum atomic E-state index is 13.3. The average molecular weight is 287 g/mol. The molecule has 1 unspecified atom stereocenters. The minimum Gasteiger partial charge on any atom is -0.389 e. The predicted molar refractivity (Wildman–Crippen MR) is 72.5 cm³/mol. The standard InChI is InChI=1S/C13H18FNO3S/c1-10(16)12-9-11(14)3-4-13(12)15-5-2-7-19(17,18)8-6-15/h3-4,9-10,16H,2,5-8H2,1H3. The molecule has 1 fully saturated rings. The van der Waals surface area contributed by atoms with Crippen molar-refractivity contribution in [1.82, 2.24) is 0 Å². The lowest BCUT2D eigenvalue weighted by Gasteiger charge is -2.26. The van der Waals surface area contributed by atoms with Gasteiger partial charge in [-0.15, -0.1) is 0 Å². The average Bonchev–Trinajstić information content (AvgIpc) is 2.50. The van der Waals surface area contributed by atoms with Gasteiger partial charge in [-0.1, -0.05) is 0 Å². The van der Waals surface area contributed by atoms with E-state index in [0.29, 0.717) is 30.8 Å². The zero-order valence-electron chi connectivity index (χ0n) is 10.8. The number of sulfone groups is 1. The molecule has 0 bridgehead atoms. The van der Waals surface area contributed by atoms with Gasteiger partial charge in [0.2, 0.25) is 0 Å². The Hall–Kier alpha value is -1.14. The first-order valence-corrected chi connectivity index (χ1v) is 8.14. The highest BCUT2D eigenvalue weighted by Gasteiger charge is 2.22. The summed E-state index contributed by atoms with van der Waals surface area (Å²) in [4.78, 5) is 1.91. The zero-order valence-corrected chi connectivity index (χ0v) is 11.7. The normalized spacial score (nSPS) is 20.9. The molecule has 0 spiro atoms. The maximum Gasteiger partial charge on any atom is 0.152 e. The van der Waals surface area contributed by atoms with Crippen molar-refractivity contribution in [2.45, 2.75) is 19.4 Å². The molecule has 0 amide bonds. The van der Waals surface area contributed by atoms with E-state index >= 15 is 0 Å². The van der Waals surface area contributed by atoms with Gasteiger partial charge in [-0.05, 0) is 31.5 Å². The summed E-state index contributed by atoms with van der Waals surface area (Å²) in [6, 6.07) is 4.25. The molecule has 1 saturated heterocycles. The molecule has 0 radical (unpaired) electrons. The third kappa shape index (κ3) is 3.45. The van der Waals surface area contributed by atoms with Crippen molar-refractivity contribution in [1.29, 1.82) is 0 Å². The highest BCUT2D eigenvalue weighted by Crippen LogP contribution is 2.28. The van der Waals surface area contributed by atoms with Crippen molar-refractivity contribution in [3.63, 3.8) is 0 Å². The predicted octanol–water partition coefficient (Wildman–Crippen LogP) is 1.50. The Morgan fingerprint density at radius 3 is 2.74 bits per heavy atom. The molecular weight excluding hydrogens is 269 g/mol. The summed E-state index contributed by atoms with van der Waals surface area (Å²) in [7, 11) is -2.98. The fraction of sp³-hybridized carbons (Fsp3) is 0.538. The Kier molecular flexibility index (Phi) is 4.10. The van der Waals surface area contributed by atoms with E-state index in [4.69, 9.17) is 0 Å². The number of aliphatic hydroxyl groups excluding tert-OH is 1. The molecular formula is C13H18FNO3S. The second-order valence-electron chi connectivity index (χ2n) is 4.87. The number of halogens is 1. The van der Waals surface area contributed by atoms with E-state index < -0.39 is 21.8 Å².